The molecule has 9 heteroatoms. The Morgan fingerprint density at radius 3 is 0.823 bits per heavy atom. The van der Waals surface area contributed by atoms with E-state index in [0.29, 0.717) is 38.7 Å². The number of aromatic nitrogens is 1. The monoisotopic (exact) mass is 1720 g/mol. The lowest BCUT2D eigenvalue weighted by molar-refractivity contribution is 0.0516. The second kappa shape index (κ2) is 42.4. The number of benzene rings is 14. The first kappa shape index (κ1) is 89.5. The molecule has 15 aromatic rings. The third kappa shape index (κ3) is 19.4. The largest absolute Gasteiger partial charge is 0.311 e. The molecule has 9 nitrogen and oxygen atoms in total. The smallest absolute Gasteiger partial charge is 0.265 e. The van der Waals surface area contributed by atoms with Crippen LogP contribution in [-0.2, 0) is 25.7 Å². The highest BCUT2D eigenvalue weighted by Gasteiger charge is 2.40. The van der Waals surface area contributed by atoms with Crippen LogP contribution in [0.4, 0.5) is 39.8 Å². The highest BCUT2D eigenvalue weighted by molar-refractivity contribution is 6.44. The van der Waals surface area contributed by atoms with Gasteiger partial charge in [0.15, 0.2) is 0 Å². The van der Waals surface area contributed by atoms with Gasteiger partial charge in [0.05, 0.1) is 16.7 Å². The summed E-state index contributed by atoms with van der Waals surface area (Å²) in [6.45, 7) is 13.5. The van der Waals surface area contributed by atoms with Gasteiger partial charge < -0.3 is 14.4 Å². The predicted octanol–water partition coefficient (Wildman–Crippen LogP) is 34.1. The zero-order valence-corrected chi connectivity index (χ0v) is 77.6. The van der Waals surface area contributed by atoms with E-state index in [0.717, 1.165) is 180 Å². The van der Waals surface area contributed by atoms with Crippen molar-refractivity contribution in [1.29, 1.82) is 0 Å². The van der Waals surface area contributed by atoms with Crippen LogP contribution in [0.5, 0.6) is 0 Å². The maximum Gasteiger partial charge on any atom is 0.265 e. The number of carbonyl (C=O) groups excluding carboxylic acids is 4. The van der Waals surface area contributed by atoms with Gasteiger partial charge in [-0.2, -0.15) is 0 Å². The lowest BCUT2D eigenvalue weighted by Crippen LogP contribution is -2.47. The molecule has 4 amide bonds. The first-order valence-corrected chi connectivity index (χ1v) is 49.6. The number of hydrogen-bond donors (Lipinski definition) is 0. The van der Waals surface area contributed by atoms with Gasteiger partial charge in [-0.25, -0.2) is 4.90 Å². The number of unbranched alkanes of at least 4 members (excludes halogenated alkanes) is 20. The maximum atomic E-state index is 15.5. The SMILES string of the molecule is CCCCCCCCCCCC(CCCCCCCCCCC)N1C(=O)c2ccc3c4ccc5c6c(ccc(c7ccc(c2c37)C1=O)c64)C(=O)N(c1ccc(-n2c3cc(/C=C/c4ccc(N(c6ccc(CCCC)cc6)c6ccc(CCCC)cc6)cc4)ccc3c3ccc(/C=C/c4ccc(N(c6ccc(CCCC)cc6)c6ccc(CCCC)cc6)cc4)cc32)cc1)C5=O. The van der Waals surface area contributed by atoms with E-state index in [9.17, 15) is 0 Å². The van der Waals surface area contributed by atoms with E-state index < -0.39 is 11.8 Å². The van der Waals surface area contributed by atoms with Gasteiger partial charge in [-0.05, 0) is 274 Å². The Morgan fingerprint density at radius 2 is 0.508 bits per heavy atom. The molecular formula is C121H129N5O4. The van der Waals surface area contributed by atoms with Crippen molar-refractivity contribution < 1.29 is 19.2 Å². The lowest BCUT2D eigenvalue weighted by atomic mass is 9.82. The Labute approximate surface area is 771 Å². The molecular weight excluding hydrogens is 1590 g/mol. The van der Waals surface area contributed by atoms with Gasteiger partial charge in [0.1, 0.15) is 0 Å². The van der Waals surface area contributed by atoms with Crippen LogP contribution in [0.2, 0.25) is 0 Å². The topological polar surface area (TPSA) is 86.2 Å². The average Bonchev–Trinajstić information content (AvgIpc) is 0.691. The molecule has 0 saturated heterocycles. The summed E-state index contributed by atoms with van der Waals surface area (Å²) in [6, 6.07) is 91.0. The summed E-state index contributed by atoms with van der Waals surface area (Å²) in [5.41, 5.74) is 21.7. The number of anilines is 7. The molecule has 0 bridgehead atoms. The van der Waals surface area contributed by atoms with Crippen molar-refractivity contribution >= 4 is 153 Å². The van der Waals surface area contributed by atoms with E-state index in [4.69, 9.17) is 0 Å². The number of hydrogen-bond acceptors (Lipinski definition) is 6. The molecule has 0 atom stereocenters. The van der Waals surface area contributed by atoms with Crippen molar-refractivity contribution in [3.05, 3.63) is 322 Å². The number of rotatable bonds is 45. The second-order valence-electron chi connectivity index (χ2n) is 37.0. The number of fused-ring (bicyclic) bond motifs is 5. The van der Waals surface area contributed by atoms with Crippen molar-refractivity contribution in [2.24, 2.45) is 0 Å². The molecule has 14 aromatic carbocycles. The first-order valence-electron chi connectivity index (χ1n) is 49.6. The number of imide groups is 2. The van der Waals surface area contributed by atoms with Crippen LogP contribution in [0.15, 0.2) is 255 Å². The molecule has 662 valence electrons. The van der Waals surface area contributed by atoms with Gasteiger partial charge in [-0.15, -0.1) is 0 Å². The predicted molar refractivity (Wildman–Crippen MR) is 552 cm³/mol. The summed E-state index contributed by atoms with van der Waals surface area (Å²) in [4.78, 5) is 69.3. The zero-order valence-electron chi connectivity index (χ0n) is 77.6. The zero-order chi connectivity index (χ0) is 89.4. The third-order valence-corrected chi connectivity index (χ3v) is 27.8. The number of carbonyl (C=O) groups is 4. The highest BCUT2D eigenvalue weighted by Crippen LogP contribution is 2.49. The molecule has 0 N–H and O–H groups in total. The summed E-state index contributed by atoms with van der Waals surface area (Å²) >= 11 is 0. The van der Waals surface area contributed by atoms with E-state index in [2.05, 4.69) is 262 Å². The van der Waals surface area contributed by atoms with Gasteiger partial charge in [-0.1, -0.05) is 328 Å². The van der Waals surface area contributed by atoms with Crippen LogP contribution < -0.4 is 14.7 Å². The maximum absolute atomic E-state index is 15.5. The Morgan fingerprint density at radius 1 is 0.246 bits per heavy atom. The molecule has 2 aliphatic rings. The Balaban J connectivity index is 0.677. The standard InChI is InChI=1S/C121H129N5O4/c1-7-13-19-21-23-25-27-29-31-37-93(38-32-30-28-26-24-22-20-14-8-2)125-118(127)108-79-75-104-106-77-81-110-117-111(82-78-107(115(106)117)105-76-80-109(119(125)128)116(108)114(104)105)121(130)126(120(110)129)101-71-69-100(70-72-101)124-112-83-91(41-39-89-51-65-98(66-52-89)122(94-57-43-85(44-58-94)33-15-9-3)95-59-45-86(46-60-95)34-16-10-4)55-73-102(112)103-74-56-92(84-113(103)124)42-40-90-53-67-99(68-54-90)123(96-61-47-87(48-62-96)35-17-11-5)97-63-49-88(50-64-97)36-18-12-6/h39-84,93H,7-38H2,1-6H3/b41-39+,42-40+. The highest BCUT2D eigenvalue weighted by atomic mass is 16.2. The van der Waals surface area contributed by atoms with Gasteiger partial charge >= 0.3 is 0 Å². The van der Waals surface area contributed by atoms with Crippen LogP contribution in [0.25, 0.3) is 94.9 Å². The summed E-state index contributed by atoms with van der Waals surface area (Å²) in [5, 5.41) is 8.71. The fraction of sp³-hybridized carbons (Fsp3) is 0.322. The average molecular weight is 1720 g/mol. The molecule has 0 aliphatic carbocycles. The number of amides is 4. The molecule has 1 aromatic heterocycles. The molecule has 130 heavy (non-hydrogen) atoms. The van der Waals surface area contributed by atoms with Crippen LogP contribution in [0, 0.1) is 0 Å². The van der Waals surface area contributed by atoms with Crippen molar-refractivity contribution in [3.8, 4) is 5.69 Å². The van der Waals surface area contributed by atoms with Crippen LogP contribution in [0.3, 0.4) is 0 Å². The Kier molecular flexibility index (Phi) is 29.2. The summed E-state index contributed by atoms with van der Waals surface area (Å²) in [7, 11) is 0. The third-order valence-electron chi connectivity index (χ3n) is 27.8. The summed E-state index contributed by atoms with van der Waals surface area (Å²) < 4.78 is 2.32. The molecule has 0 saturated carbocycles. The molecule has 3 heterocycles. The Bertz CT molecular complexity index is 6050. The van der Waals surface area contributed by atoms with Gasteiger partial charge in [0, 0.05) is 89.7 Å². The van der Waals surface area contributed by atoms with Crippen LogP contribution in [-0.4, -0.2) is 39.1 Å². The fourth-order valence-electron chi connectivity index (χ4n) is 20.4. The molecule has 17 rings (SSSR count). The molecule has 0 spiro atoms. The minimum Gasteiger partial charge on any atom is -0.311 e. The fourth-order valence-corrected chi connectivity index (χ4v) is 20.4. The van der Waals surface area contributed by atoms with E-state index in [-0.39, 0.29) is 17.9 Å². The Hall–Kier alpha value is -12.5. The van der Waals surface area contributed by atoms with Crippen LogP contribution in [0.1, 0.15) is 307 Å². The van der Waals surface area contributed by atoms with E-state index in [1.165, 1.54) is 168 Å². The molecule has 2 aliphatic heterocycles. The second-order valence-corrected chi connectivity index (χ2v) is 37.0. The summed E-state index contributed by atoms with van der Waals surface area (Å²) in [5.74, 6) is -1.21. The number of aryl methyl sites for hydroxylation is 4. The van der Waals surface area contributed by atoms with Crippen molar-refractivity contribution in [1.82, 2.24) is 9.47 Å². The van der Waals surface area contributed by atoms with E-state index >= 15 is 19.2 Å². The minimum atomic E-state index is -0.399. The van der Waals surface area contributed by atoms with Crippen LogP contribution >= 0.6 is 0 Å². The van der Waals surface area contributed by atoms with E-state index in [1.807, 2.05) is 72.8 Å². The van der Waals surface area contributed by atoms with Crippen molar-refractivity contribution in [2.75, 3.05) is 14.7 Å². The summed E-state index contributed by atoms with van der Waals surface area (Å²) in [6.07, 6.45) is 45.9. The normalized spacial score (nSPS) is 12.9. The van der Waals surface area contributed by atoms with Gasteiger partial charge in [0.25, 0.3) is 23.6 Å². The van der Waals surface area contributed by atoms with Gasteiger partial charge in [-0.3, -0.25) is 24.1 Å². The van der Waals surface area contributed by atoms with E-state index in [1.54, 1.807) is 4.90 Å². The minimum absolute atomic E-state index is 0.174. The number of nitrogens with zero attached hydrogens (tertiary/aromatic N) is 5. The lowest BCUT2D eigenvalue weighted by Gasteiger charge is -2.35. The molecule has 0 radical (unpaired) electrons. The van der Waals surface area contributed by atoms with Gasteiger partial charge in [0.2, 0.25) is 0 Å². The van der Waals surface area contributed by atoms with Crippen molar-refractivity contribution in [3.63, 3.8) is 0 Å². The molecule has 0 unspecified atom stereocenters. The molecule has 0 fully saturated rings. The first-order chi connectivity index (χ1) is 63.9. The quantitative estimate of drug-likeness (QED) is 0.0124. The van der Waals surface area contributed by atoms with Crippen molar-refractivity contribution in [2.45, 2.75) is 253 Å².